The summed E-state index contributed by atoms with van der Waals surface area (Å²) in [7, 11) is 0. The molecule has 0 atom stereocenters. The molecule has 0 N–H and O–H groups in total. The molecule has 0 saturated carbocycles. The van der Waals surface area contributed by atoms with E-state index in [2.05, 4.69) is 62.9 Å². The van der Waals surface area contributed by atoms with Gasteiger partial charge in [0.15, 0.2) is 11.5 Å². The predicted octanol–water partition coefficient (Wildman–Crippen LogP) is 5.46. The van der Waals surface area contributed by atoms with Gasteiger partial charge in [0.25, 0.3) is 0 Å². The molecule has 2 aromatic carbocycles. The Hall–Kier alpha value is -1.96. The summed E-state index contributed by atoms with van der Waals surface area (Å²) in [6, 6.07) is 15.1. The molecule has 104 valence electrons. The fraction of sp³-hybridized carbons (Fsp3) is 0.333. The SMILES string of the molecule is CC(C)c1ccc2c(c1)N(C(C)C)c1ccccc1O2. The number of hydrogen-bond acceptors (Lipinski definition) is 2. The highest BCUT2D eigenvalue weighted by atomic mass is 16.5. The van der Waals surface area contributed by atoms with E-state index in [-0.39, 0.29) is 0 Å². The summed E-state index contributed by atoms with van der Waals surface area (Å²) in [5.74, 6) is 2.40. The molecule has 2 nitrogen and oxygen atoms in total. The molecule has 0 saturated heterocycles. The Bertz CT molecular complexity index is 631. The van der Waals surface area contributed by atoms with Gasteiger partial charge in [0.05, 0.1) is 11.4 Å². The van der Waals surface area contributed by atoms with E-state index in [9.17, 15) is 0 Å². The minimum atomic E-state index is 0.390. The van der Waals surface area contributed by atoms with Crippen LogP contribution in [0.4, 0.5) is 11.4 Å². The van der Waals surface area contributed by atoms with Gasteiger partial charge >= 0.3 is 0 Å². The molecule has 1 heterocycles. The lowest BCUT2D eigenvalue weighted by Crippen LogP contribution is -2.28. The summed E-state index contributed by atoms with van der Waals surface area (Å²) in [5, 5.41) is 0. The number of rotatable bonds is 2. The number of para-hydroxylation sites is 2. The van der Waals surface area contributed by atoms with E-state index in [0.717, 1.165) is 17.2 Å². The van der Waals surface area contributed by atoms with Gasteiger partial charge in [-0.05, 0) is 49.6 Å². The molecule has 1 aliphatic heterocycles. The van der Waals surface area contributed by atoms with Crippen molar-refractivity contribution >= 4 is 11.4 Å². The zero-order chi connectivity index (χ0) is 14.3. The minimum absolute atomic E-state index is 0.390. The highest BCUT2D eigenvalue weighted by molar-refractivity contribution is 5.78. The monoisotopic (exact) mass is 267 g/mol. The van der Waals surface area contributed by atoms with Crippen LogP contribution in [0.1, 0.15) is 39.2 Å². The second-order valence-corrected chi connectivity index (χ2v) is 5.92. The van der Waals surface area contributed by atoms with Crippen LogP contribution in [0.3, 0.4) is 0 Å². The van der Waals surface area contributed by atoms with Crippen LogP contribution in [-0.2, 0) is 0 Å². The van der Waals surface area contributed by atoms with Crippen molar-refractivity contribution in [2.24, 2.45) is 0 Å². The fourth-order valence-corrected chi connectivity index (χ4v) is 2.72. The summed E-state index contributed by atoms with van der Waals surface area (Å²) in [6.45, 7) is 8.87. The quantitative estimate of drug-likeness (QED) is 0.716. The molecule has 0 amide bonds. The summed E-state index contributed by atoms with van der Waals surface area (Å²) < 4.78 is 6.05. The molecular formula is C18H21NO. The van der Waals surface area contributed by atoms with Crippen molar-refractivity contribution in [3.63, 3.8) is 0 Å². The average molecular weight is 267 g/mol. The summed E-state index contributed by atoms with van der Waals surface area (Å²) in [4.78, 5) is 2.36. The number of ether oxygens (including phenoxy) is 1. The van der Waals surface area contributed by atoms with Crippen LogP contribution in [0.5, 0.6) is 11.5 Å². The van der Waals surface area contributed by atoms with E-state index in [1.54, 1.807) is 0 Å². The average Bonchev–Trinajstić information content (AvgIpc) is 2.43. The van der Waals surface area contributed by atoms with E-state index in [1.165, 1.54) is 11.3 Å². The van der Waals surface area contributed by atoms with Crippen molar-refractivity contribution in [2.75, 3.05) is 4.90 Å². The Morgan fingerprint density at radius 3 is 2.25 bits per heavy atom. The molecule has 2 heteroatoms. The maximum atomic E-state index is 6.05. The first kappa shape index (κ1) is 13.0. The van der Waals surface area contributed by atoms with Crippen molar-refractivity contribution in [2.45, 2.75) is 39.7 Å². The number of benzene rings is 2. The molecule has 0 radical (unpaired) electrons. The van der Waals surface area contributed by atoms with Gasteiger partial charge in [-0.25, -0.2) is 0 Å². The second kappa shape index (κ2) is 4.86. The van der Waals surface area contributed by atoms with Crippen molar-refractivity contribution in [1.29, 1.82) is 0 Å². The van der Waals surface area contributed by atoms with Crippen LogP contribution in [-0.4, -0.2) is 6.04 Å². The molecule has 2 aromatic rings. The van der Waals surface area contributed by atoms with Crippen LogP contribution in [0.25, 0.3) is 0 Å². The molecule has 20 heavy (non-hydrogen) atoms. The Labute approximate surface area is 121 Å². The Morgan fingerprint density at radius 2 is 1.55 bits per heavy atom. The van der Waals surface area contributed by atoms with Crippen LogP contribution in [0, 0.1) is 0 Å². The van der Waals surface area contributed by atoms with Crippen LogP contribution >= 0.6 is 0 Å². The fourth-order valence-electron chi connectivity index (χ4n) is 2.72. The Balaban J connectivity index is 2.17. The highest BCUT2D eigenvalue weighted by Crippen LogP contribution is 2.48. The Morgan fingerprint density at radius 1 is 0.850 bits per heavy atom. The third kappa shape index (κ3) is 2.05. The van der Waals surface area contributed by atoms with Crippen LogP contribution in [0.15, 0.2) is 42.5 Å². The maximum absolute atomic E-state index is 6.05. The van der Waals surface area contributed by atoms with Crippen molar-refractivity contribution < 1.29 is 4.74 Å². The van der Waals surface area contributed by atoms with Crippen LogP contribution < -0.4 is 9.64 Å². The van der Waals surface area contributed by atoms with E-state index in [4.69, 9.17) is 4.74 Å². The lowest BCUT2D eigenvalue weighted by atomic mass is 10.0. The lowest BCUT2D eigenvalue weighted by Gasteiger charge is -2.36. The van der Waals surface area contributed by atoms with Crippen molar-refractivity contribution in [3.05, 3.63) is 48.0 Å². The molecule has 0 aromatic heterocycles. The van der Waals surface area contributed by atoms with Gasteiger partial charge in [0.2, 0.25) is 0 Å². The summed E-state index contributed by atoms with van der Waals surface area (Å²) in [6.07, 6.45) is 0. The van der Waals surface area contributed by atoms with Gasteiger partial charge in [-0.1, -0.05) is 32.0 Å². The first-order valence-corrected chi connectivity index (χ1v) is 7.28. The van der Waals surface area contributed by atoms with E-state index >= 15 is 0 Å². The first-order valence-electron chi connectivity index (χ1n) is 7.28. The Kier molecular flexibility index (Phi) is 3.17. The third-order valence-electron chi connectivity index (χ3n) is 3.77. The predicted molar refractivity (Wildman–Crippen MR) is 84.3 cm³/mol. The largest absolute Gasteiger partial charge is 0.453 e. The molecule has 0 unspecified atom stereocenters. The van der Waals surface area contributed by atoms with E-state index in [0.29, 0.717) is 12.0 Å². The normalized spacial score (nSPS) is 13.2. The second-order valence-electron chi connectivity index (χ2n) is 5.92. The van der Waals surface area contributed by atoms with Crippen molar-refractivity contribution in [3.8, 4) is 11.5 Å². The van der Waals surface area contributed by atoms with Gasteiger partial charge in [-0.15, -0.1) is 0 Å². The lowest BCUT2D eigenvalue weighted by molar-refractivity contribution is 0.469. The molecule has 0 aliphatic carbocycles. The third-order valence-corrected chi connectivity index (χ3v) is 3.77. The molecular weight excluding hydrogens is 246 g/mol. The number of anilines is 2. The van der Waals surface area contributed by atoms with E-state index < -0.39 is 0 Å². The van der Waals surface area contributed by atoms with Gasteiger partial charge in [0, 0.05) is 6.04 Å². The topological polar surface area (TPSA) is 12.5 Å². The zero-order valence-electron chi connectivity index (χ0n) is 12.6. The van der Waals surface area contributed by atoms with Gasteiger partial charge in [0.1, 0.15) is 0 Å². The molecule has 3 rings (SSSR count). The summed E-state index contributed by atoms with van der Waals surface area (Å²) >= 11 is 0. The van der Waals surface area contributed by atoms with E-state index in [1.807, 2.05) is 12.1 Å². The molecule has 0 fully saturated rings. The van der Waals surface area contributed by atoms with Gasteiger partial charge in [-0.3, -0.25) is 0 Å². The summed E-state index contributed by atoms with van der Waals surface area (Å²) in [5.41, 5.74) is 3.66. The van der Waals surface area contributed by atoms with Crippen molar-refractivity contribution in [1.82, 2.24) is 0 Å². The minimum Gasteiger partial charge on any atom is -0.453 e. The number of nitrogens with zero attached hydrogens (tertiary/aromatic N) is 1. The number of fused-ring (bicyclic) bond motifs is 2. The smallest absolute Gasteiger partial charge is 0.151 e. The molecule has 0 spiro atoms. The first-order chi connectivity index (χ1) is 9.58. The molecule has 1 aliphatic rings. The van der Waals surface area contributed by atoms with Gasteiger partial charge < -0.3 is 9.64 Å². The zero-order valence-corrected chi connectivity index (χ0v) is 12.6. The van der Waals surface area contributed by atoms with Gasteiger partial charge in [-0.2, -0.15) is 0 Å². The number of hydrogen-bond donors (Lipinski definition) is 0. The standard InChI is InChI=1S/C18H21NO/c1-12(2)14-9-10-18-16(11-14)19(13(3)4)15-7-5-6-8-17(15)20-18/h5-13H,1-4H3. The highest BCUT2D eigenvalue weighted by Gasteiger charge is 2.26. The van der Waals surface area contributed by atoms with Crippen LogP contribution in [0.2, 0.25) is 0 Å². The molecule has 0 bridgehead atoms. The maximum Gasteiger partial charge on any atom is 0.151 e.